The maximum Gasteiger partial charge on any atom is 0.412 e. The number of fused-ring (bicyclic) bond motifs is 2. The van der Waals surface area contributed by atoms with E-state index < -0.39 is 36.8 Å². The number of amides is 1. The lowest BCUT2D eigenvalue weighted by molar-refractivity contribution is 0.0402. The van der Waals surface area contributed by atoms with Crippen molar-refractivity contribution in [1.82, 2.24) is 24.9 Å². The molecule has 0 unspecified atom stereocenters. The minimum atomic E-state index is -1.06. The summed E-state index contributed by atoms with van der Waals surface area (Å²) in [6.45, 7) is 6.93. The first-order chi connectivity index (χ1) is 21.6. The summed E-state index contributed by atoms with van der Waals surface area (Å²) in [5.74, 6) is -0.179. The van der Waals surface area contributed by atoms with Crippen LogP contribution in [-0.2, 0) is 4.74 Å². The van der Waals surface area contributed by atoms with Crippen LogP contribution in [0.1, 0.15) is 26.3 Å². The molecule has 0 saturated carbocycles. The second-order valence-electron chi connectivity index (χ2n) is 10.1. The van der Waals surface area contributed by atoms with Gasteiger partial charge in [0.1, 0.15) is 29.9 Å². The Morgan fingerprint density at radius 2 is 1.80 bits per heavy atom. The van der Waals surface area contributed by atoms with Gasteiger partial charge in [-0.15, -0.1) is 11.3 Å². The van der Waals surface area contributed by atoms with Gasteiger partial charge in [-0.25, -0.2) is 34.1 Å². The van der Waals surface area contributed by atoms with Crippen molar-refractivity contribution >= 4 is 44.4 Å². The van der Waals surface area contributed by atoms with Crippen molar-refractivity contribution < 1.29 is 38.3 Å². The Hall–Kier alpha value is -4.73. The summed E-state index contributed by atoms with van der Waals surface area (Å²) in [5, 5.41) is 21.3. The third-order valence-corrected chi connectivity index (χ3v) is 7.54. The van der Waals surface area contributed by atoms with Crippen LogP contribution in [0.3, 0.4) is 0 Å². The number of aliphatic hydroxyl groups is 2. The fourth-order valence-corrected chi connectivity index (χ4v) is 5.14. The van der Waals surface area contributed by atoms with E-state index in [-0.39, 0.29) is 24.1 Å². The fraction of sp³-hybridized carbons (Fsp3) is 0.333. The van der Waals surface area contributed by atoms with Crippen LogP contribution in [0.4, 0.5) is 14.9 Å². The molecule has 5 aromatic rings. The van der Waals surface area contributed by atoms with Gasteiger partial charge in [0.15, 0.2) is 11.6 Å². The van der Waals surface area contributed by atoms with Gasteiger partial charge >= 0.3 is 12.1 Å². The molecule has 0 radical (unpaired) electrons. The number of rotatable bonds is 12. The van der Waals surface area contributed by atoms with Crippen LogP contribution in [0.25, 0.3) is 31.8 Å². The maximum atomic E-state index is 15.1. The number of thiazole rings is 1. The molecule has 3 aromatic heterocycles. The number of aromatic nitrogens is 5. The highest BCUT2D eigenvalue weighted by Gasteiger charge is 2.22. The molecule has 5 rings (SSSR count). The number of hydrogen-bond donors (Lipinski definition) is 3. The average Bonchev–Trinajstić information content (AvgIpc) is 3.42. The van der Waals surface area contributed by atoms with Gasteiger partial charge in [0, 0.05) is 17.7 Å². The normalized spacial score (nSPS) is 13.3. The summed E-state index contributed by atoms with van der Waals surface area (Å²) in [4.78, 5) is 34.0. The highest BCUT2D eigenvalue weighted by molar-refractivity contribution is 7.21. The van der Waals surface area contributed by atoms with Gasteiger partial charge in [0.2, 0.25) is 5.88 Å². The second kappa shape index (κ2) is 13.9. The van der Waals surface area contributed by atoms with Crippen molar-refractivity contribution in [3.05, 3.63) is 54.2 Å². The number of halogens is 1. The molecule has 0 aliphatic rings. The van der Waals surface area contributed by atoms with Crippen LogP contribution in [-0.4, -0.2) is 79.4 Å². The van der Waals surface area contributed by atoms with Crippen LogP contribution in [0, 0.1) is 12.7 Å². The zero-order chi connectivity index (χ0) is 32.1. The number of carbonyl (C=O) groups is 1. The highest BCUT2D eigenvalue weighted by Crippen LogP contribution is 2.37. The van der Waals surface area contributed by atoms with Crippen LogP contribution < -0.4 is 19.5 Å². The quantitative estimate of drug-likeness (QED) is 0.173. The predicted molar refractivity (Wildman–Crippen MR) is 164 cm³/mol. The molecule has 0 bridgehead atoms. The van der Waals surface area contributed by atoms with Crippen LogP contribution in [0.5, 0.6) is 17.6 Å². The lowest BCUT2D eigenvalue weighted by atomic mass is 10.1. The largest absolute Gasteiger partial charge is 0.484 e. The van der Waals surface area contributed by atoms with Crippen molar-refractivity contribution in [1.29, 1.82) is 0 Å². The molecule has 0 fully saturated rings. The Balaban J connectivity index is 1.25. The van der Waals surface area contributed by atoms with E-state index in [1.54, 1.807) is 26.1 Å². The Morgan fingerprint density at radius 3 is 2.53 bits per heavy atom. The minimum absolute atomic E-state index is 0.00777. The topological polar surface area (TPSA) is 171 Å². The van der Waals surface area contributed by atoms with E-state index >= 15 is 4.39 Å². The van der Waals surface area contributed by atoms with Crippen molar-refractivity contribution in [2.24, 2.45) is 0 Å². The third-order valence-electron chi connectivity index (χ3n) is 6.49. The van der Waals surface area contributed by atoms with Gasteiger partial charge in [-0.05, 0) is 45.4 Å². The number of carbonyl (C=O) groups excluding carboxylic acids is 1. The SMILES string of the molecule is CCOc1cnc2c(-c3nc4cc(F)c(O[C@@H](C)[C@@H](C)OC(=O)Nc5cnc(OC[C@@H](O)CO)nc5)cc4s3)cc(C)cc2n1. The number of nitrogens with one attached hydrogen (secondary N) is 1. The number of aryl methyl sites for hydroxylation is 1. The van der Waals surface area contributed by atoms with Crippen LogP contribution in [0.2, 0.25) is 0 Å². The minimum Gasteiger partial charge on any atom is -0.484 e. The van der Waals surface area contributed by atoms with Gasteiger partial charge in [-0.3, -0.25) is 5.32 Å². The van der Waals surface area contributed by atoms with Crippen molar-refractivity contribution in [2.75, 3.05) is 25.1 Å². The number of aliphatic hydroxyl groups excluding tert-OH is 2. The van der Waals surface area contributed by atoms with Gasteiger partial charge in [-0.1, -0.05) is 0 Å². The molecule has 3 N–H and O–H groups in total. The van der Waals surface area contributed by atoms with Gasteiger partial charge in [-0.2, -0.15) is 0 Å². The summed E-state index contributed by atoms with van der Waals surface area (Å²) in [6.07, 6.45) is 0.815. The molecule has 13 nitrogen and oxygen atoms in total. The van der Waals surface area contributed by atoms with E-state index in [9.17, 15) is 9.90 Å². The first-order valence-electron chi connectivity index (χ1n) is 14.0. The summed E-state index contributed by atoms with van der Waals surface area (Å²) in [7, 11) is 0. The Bertz CT molecular complexity index is 1810. The molecule has 3 atom stereocenters. The van der Waals surface area contributed by atoms with E-state index in [4.69, 9.17) is 24.1 Å². The first kappa shape index (κ1) is 31.7. The van der Waals surface area contributed by atoms with Crippen LogP contribution in [0.15, 0.2) is 42.9 Å². The third kappa shape index (κ3) is 7.68. The number of ether oxygens (including phenoxy) is 4. The predicted octanol–water partition coefficient (Wildman–Crippen LogP) is 4.68. The Morgan fingerprint density at radius 1 is 1.02 bits per heavy atom. The summed E-state index contributed by atoms with van der Waals surface area (Å²) in [5.41, 5.74) is 3.77. The van der Waals surface area contributed by atoms with E-state index in [1.165, 1.54) is 29.8 Å². The standard InChI is InChI=1S/C30H31FN6O7S/c1-5-41-26-12-32-27-20(6-15(2)7-23(27)36-26)28-37-22-8-21(31)24(9-25(22)45-28)43-16(3)17(4)44-30(40)35-18-10-33-29(34-11-18)42-14-19(39)13-38/h6-12,16-17,19,38-39H,5,13-14H2,1-4H3,(H,35,40)/t16-,17+,19-/m0/s1. The van der Waals surface area contributed by atoms with Gasteiger partial charge in [0.25, 0.3) is 0 Å². The van der Waals surface area contributed by atoms with E-state index in [2.05, 4.69) is 30.2 Å². The fourth-order valence-electron chi connectivity index (χ4n) is 4.15. The molecule has 15 heteroatoms. The van der Waals surface area contributed by atoms with Crippen molar-refractivity contribution in [2.45, 2.75) is 46.0 Å². The first-order valence-corrected chi connectivity index (χ1v) is 14.8. The monoisotopic (exact) mass is 638 g/mol. The number of hydrogen-bond acceptors (Lipinski definition) is 13. The molecule has 0 spiro atoms. The zero-order valence-corrected chi connectivity index (χ0v) is 25.7. The molecule has 45 heavy (non-hydrogen) atoms. The summed E-state index contributed by atoms with van der Waals surface area (Å²) < 4.78 is 37.7. The number of nitrogens with zero attached hydrogens (tertiary/aromatic N) is 5. The Kier molecular flexibility index (Phi) is 9.80. The highest BCUT2D eigenvalue weighted by atomic mass is 32.1. The maximum absolute atomic E-state index is 15.1. The average molecular weight is 639 g/mol. The molecular weight excluding hydrogens is 607 g/mol. The zero-order valence-electron chi connectivity index (χ0n) is 24.9. The lowest BCUT2D eigenvalue weighted by Crippen LogP contribution is -2.32. The molecule has 0 saturated heterocycles. The van der Waals surface area contributed by atoms with Crippen LogP contribution >= 0.6 is 11.3 Å². The van der Waals surface area contributed by atoms with Crippen molar-refractivity contribution in [3.8, 4) is 28.2 Å². The lowest BCUT2D eigenvalue weighted by Gasteiger charge is -2.22. The summed E-state index contributed by atoms with van der Waals surface area (Å²) >= 11 is 1.37. The smallest absolute Gasteiger partial charge is 0.412 e. The molecular formula is C30H31FN6O7S. The molecule has 2 aromatic carbocycles. The summed E-state index contributed by atoms with van der Waals surface area (Å²) in [6, 6.07) is 6.73. The molecule has 0 aliphatic heterocycles. The van der Waals surface area contributed by atoms with Crippen molar-refractivity contribution in [3.63, 3.8) is 0 Å². The van der Waals surface area contributed by atoms with E-state index in [0.717, 1.165) is 11.1 Å². The van der Waals surface area contributed by atoms with E-state index in [0.29, 0.717) is 38.7 Å². The number of anilines is 1. The molecule has 236 valence electrons. The second-order valence-corrected chi connectivity index (χ2v) is 11.1. The van der Waals surface area contributed by atoms with Gasteiger partial charge in [0.05, 0.1) is 58.7 Å². The molecule has 3 heterocycles. The van der Waals surface area contributed by atoms with E-state index in [1.807, 2.05) is 26.0 Å². The molecule has 1 amide bonds. The Labute approximate surface area is 261 Å². The van der Waals surface area contributed by atoms with Gasteiger partial charge < -0.3 is 29.2 Å². The number of benzene rings is 2. The molecule has 0 aliphatic carbocycles.